The zero-order valence-electron chi connectivity index (χ0n) is 15.6. The third-order valence-corrected chi connectivity index (χ3v) is 4.44. The largest absolute Gasteiger partial charge is 0.340 e. The van der Waals surface area contributed by atoms with E-state index in [1.165, 1.54) is 12.1 Å². The lowest BCUT2D eigenvalue weighted by Gasteiger charge is -2.20. The van der Waals surface area contributed by atoms with E-state index in [4.69, 9.17) is 4.98 Å². The van der Waals surface area contributed by atoms with Gasteiger partial charge in [0.05, 0.1) is 11.9 Å². The average molecular weight is 360 g/mol. The summed E-state index contributed by atoms with van der Waals surface area (Å²) in [6.45, 7) is 6.39. The molecular formula is C22H21FN4. The van der Waals surface area contributed by atoms with E-state index >= 15 is 0 Å². The van der Waals surface area contributed by atoms with Gasteiger partial charge in [-0.25, -0.2) is 9.37 Å². The van der Waals surface area contributed by atoms with Gasteiger partial charge in [-0.05, 0) is 29.8 Å². The van der Waals surface area contributed by atoms with E-state index in [-0.39, 0.29) is 11.2 Å². The monoisotopic (exact) mass is 360 g/mol. The summed E-state index contributed by atoms with van der Waals surface area (Å²) in [5.41, 5.74) is 4.46. The number of rotatable bonds is 3. The first-order valence-electron chi connectivity index (χ1n) is 8.89. The summed E-state index contributed by atoms with van der Waals surface area (Å²) in [7, 11) is 0. The lowest BCUT2D eigenvalue weighted by atomic mass is 9.92. The molecule has 4 nitrogen and oxygen atoms in total. The van der Waals surface area contributed by atoms with Crippen molar-refractivity contribution in [2.75, 3.05) is 5.32 Å². The molecule has 0 bridgehead atoms. The van der Waals surface area contributed by atoms with Crippen LogP contribution in [0.15, 0.2) is 66.9 Å². The van der Waals surface area contributed by atoms with Crippen molar-refractivity contribution in [2.24, 2.45) is 0 Å². The fraction of sp³-hybridized carbons (Fsp3) is 0.182. The topological polar surface area (TPSA) is 42.2 Å². The normalized spacial score (nSPS) is 11.7. The Morgan fingerprint density at radius 1 is 0.963 bits per heavy atom. The van der Waals surface area contributed by atoms with E-state index in [2.05, 4.69) is 43.3 Å². The van der Waals surface area contributed by atoms with Crippen molar-refractivity contribution in [3.63, 3.8) is 0 Å². The molecule has 4 rings (SSSR count). The molecule has 27 heavy (non-hydrogen) atoms. The standard InChI is InChI=1S/C22H21FN4/c1-22(2,3)19-13-20(25-17-11-9-16(23)10-12-17)27-21(26-19)18(14-24-27)15-7-5-4-6-8-15/h4-14,25H,1-3H3. The number of aromatic nitrogens is 3. The van der Waals surface area contributed by atoms with Crippen LogP contribution >= 0.6 is 0 Å². The Hall–Kier alpha value is -3.21. The third kappa shape index (κ3) is 3.40. The lowest BCUT2D eigenvalue weighted by molar-refractivity contribution is 0.569. The molecule has 2 heterocycles. The average Bonchev–Trinajstić information content (AvgIpc) is 3.08. The number of benzene rings is 2. The van der Waals surface area contributed by atoms with Crippen molar-refractivity contribution in [1.82, 2.24) is 14.6 Å². The van der Waals surface area contributed by atoms with Crippen molar-refractivity contribution in [3.8, 4) is 11.1 Å². The van der Waals surface area contributed by atoms with E-state index in [1.54, 1.807) is 16.6 Å². The highest BCUT2D eigenvalue weighted by Crippen LogP contribution is 2.30. The summed E-state index contributed by atoms with van der Waals surface area (Å²) in [5, 5.41) is 7.89. The maximum Gasteiger partial charge on any atom is 0.165 e. The van der Waals surface area contributed by atoms with Gasteiger partial charge in [0.1, 0.15) is 11.6 Å². The van der Waals surface area contributed by atoms with Crippen LogP contribution in [-0.4, -0.2) is 14.6 Å². The molecule has 0 aliphatic carbocycles. The predicted molar refractivity (Wildman–Crippen MR) is 107 cm³/mol. The maximum atomic E-state index is 13.2. The van der Waals surface area contributed by atoms with Crippen molar-refractivity contribution in [3.05, 3.63) is 78.4 Å². The lowest BCUT2D eigenvalue weighted by Crippen LogP contribution is -2.16. The van der Waals surface area contributed by atoms with Crippen molar-refractivity contribution >= 4 is 17.2 Å². The van der Waals surface area contributed by atoms with Crippen LogP contribution in [0.2, 0.25) is 0 Å². The highest BCUT2D eigenvalue weighted by Gasteiger charge is 2.20. The van der Waals surface area contributed by atoms with Crippen molar-refractivity contribution in [2.45, 2.75) is 26.2 Å². The van der Waals surface area contributed by atoms with Gasteiger partial charge in [0, 0.05) is 22.7 Å². The third-order valence-electron chi connectivity index (χ3n) is 4.44. The maximum absolute atomic E-state index is 13.2. The molecule has 136 valence electrons. The Balaban J connectivity index is 1.89. The quantitative estimate of drug-likeness (QED) is 0.519. The summed E-state index contributed by atoms with van der Waals surface area (Å²) in [6.07, 6.45) is 1.83. The van der Waals surface area contributed by atoms with Crippen LogP contribution in [0.1, 0.15) is 26.5 Å². The molecule has 0 fully saturated rings. The summed E-state index contributed by atoms with van der Waals surface area (Å²) in [4.78, 5) is 4.90. The number of fused-ring (bicyclic) bond motifs is 1. The van der Waals surface area contributed by atoms with Gasteiger partial charge in [-0.15, -0.1) is 0 Å². The van der Waals surface area contributed by atoms with Gasteiger partial charge in [0.25, 0.3) is 0 Å². The molecule has 0 atom stereocenters. The highest BCUT2D eigenvalue weighted by molar-refractivity contribution is 5.78. The Bertz CT molecular complexity index is 1080. The second-order valence-electron chi connectivity index (χ2n) is 7.57. The zero-order chi connectivity index (χ0) is 19.0. The molecule has 0 saturated heterocycles. The highest BCUT2D eigenvalue weighted by atomic mass is 19.1. The smallest absolute Gasteiger partial charge is 0.165 e. The first-order chi connectivity index (χ1) is 12.9. The van der Waals surface area contributed by atoms with Crippen LogP contribution in [0.3, 0.4) is 0 Å². The number of hydrogen-bond acceptors (Lipinski definition) is 3. The van der Waals surface area contributed by atoms with Gasteiger partial charge in [0.2, 0.25) is 0 Å². The number of nitrogens with one attached hydrogen (secondary N) is 1. The number of anilines is 2. The first-order valence-corrected chi connectivity index (χ1v) is 8.89. The molecule has 0 amide bonds. The minimum atomic E-state index is -0.263. The predicted octanol–water partition coefficient (Wildman–Crippen LogP) is 5.58. The molecule has 4 aromatic rings. The van der Waals surface area contributed by atoms with Crippen molar-refractivity contribution < 1.29 is 4.39 Å². The second-order valence-corrected chi connectivity index (χ2v) is 7.57. The number of hydrogen-bond donors (Lipinski definition) is 1. The summed E-state index contributed by atoms with van der Waals surface area (Å²) >= 11 is 0. The fourth-order valence-electron chi connectivity index (χ4n) is 2.94. The van der Waals surface area contributed by atoms with Gasteiger partial charge in [-0.1, -0.05) is 51.1 Å². The Labute approximate surface area is 157 Å². The Morgan fingerprint density at radius 2 is 1.67 bits per heavy atom. The van der Waals surface area contributed by atoms with Gasteiger partial charge in [-0.3, -0.25) is 0 Å². The van der Waals surface area contributed by atoms with E-state index < -0.39 is 0 Å². The van der Waals surface area contributed by atoms with Gasteiger partial charge in [-0.2, -0.15) is 9.61 Å². The van der Waals surface area contributed by atoms with Crippen LogP contribution in [0.25, 0.3) is 16.8 Å². The van der Waals surface area contributed by atoms with Crippen LogP contribution in [-0.2, 0) is 5.41 Å². The van der Waals surface area contributed by atoms with E-state index in [0.29, 0.717) is 0 Å². The number of halogens is 1. The summed E-state index contributed by atoms with van der Waals surface area (Å²) in [6, 6.07) is 18.4. The molecule has 1 N–H and O–H groups in total. The van der Waals surface area contributed by atoms with Gasteiger partial charge in [0.15, 0.2) is 5.65 Å². The fourth-order valence-corrected chi connectivity index (χ4v) is 2.94. The van der Waals surface area contributed by atoms with Crippen molar-refractivity contribution in [1.29, 1.82) is 0 Å². The minimum absolute atomic E-state index is 0.126. The van der Waals surface area contributed by atoms with Gasteiger partial charge >= 0.3 is 0 Å². The summed E-state index contributed by atoms with van der Waals surface area (Å²) < 4.78 is 15.0. The van der Waals surface area contributed by atoms with E-state index in [1.807, 2.05) is 30.5 Å². The van der Waals surface area contributed by atoms with Crippen LogP contribution in [0.5, 0.6) is 0 Å². The summed E-state index contributed by atoms with van der Waals surface area (Å²) in [5.74, 6) is 0.528. The molecular weight excluding hydrogens is 339 g/mol. The molecule has 2 aromatic carbocycles. The van der Waals surface area contributed by atoms with E-state index in [0.717, 1.165) is 34.0 Å². The Kier molecular flexibility index (Phi) is 4.15. The number of nitrogens with zero attached hydrogens (tertiary/aromatic N) is 3. The van der Waals surface area contributed by atoms with Gasteiger partial charge < -0.3 is 5.32 Å². The van der Waals surface area contributed by atoms with Crippen LogP contribution in [0.4, 0.5) is 15.9 Å². The molecule has 5 heteroatoms. The second kappa shape index (κ2) is 6.50. The van der Waals surface area contributed by atoms with Crippen LogP contribution in [0, 0.1) is 5.82 Å². The Morgan fingerprint density at radius 3 is 2.33 bits per heavy atom. The zero-order valence-corrected chi connectivity index (χ0v) is 15.6. The van der Waals surface area contributed by atoms with Crippen LogP contribution < -0.4 is 5.32 Å². The van der Waals surface area contributed by atoms with E-state index in [9.17, 15) is 4.39 Å². The SMILES string of the molecule is CC(C)(C)c1cc(Nc2ccc(F)cc2)n2ncc(-c3ccccc3)c2n1. The molecule has 2 aromatic heterocycles. The molecule has 0 aliphatic heterocycles. The molecule has 0 saturated carbocycles. The first kappa shape index (κ1) is 17.2. The molecule has 0 radical (unpaired) electrons. The minimum Gasteiger partial charge on any atom is -0.340 e. The molecule has 0 spiro atoms. The molecule has 0 unspecified atom stereocenters. The molecule has 0 aliphatic rings.